The third kappa shape index (κ3) is 3.82. The largest absolute Gasteiger partial charge is 0.351 e. The van der Waals surface area contributed by atoms with E-state index in [1.165, 1.54) is 0 Å². The zero-order chi connectivity index (χ0) is 14.5. The highest BCUT2D eigenvalue weighted by molar-refractivity contribution is 14.1. The molecule has 0 radical (unpaired) electrons. The van der Waals surface area contributed by atoms with Crippen LogP contribution in [-0.4, -0.2) is 12.5 Å². The number of nitrogens with one attached hydrogen (secondary N) is 1. The fourth-order valence-corrected chi connectivity index (χ4v) is 2.95. The van der Waals surface area contributed by atoms with Crippen molar-refractivity contribution < 1.29 is 4.79 Å². The number of hydrogen-bond acceptors (Lipinski definition) is 1. The molecular formula is C16H15BrINO. The second kappa shape index (κ2) is 7.22. The standard InChI is InChI=1S/C16H15BrINO/c1-11-6-5-9-13(15(11)18)16(20)19-10-14(17)12-7-3-2-4-8-12/h2-9,14H,10H2,1H3,(H,19,20). The van der Waals surface area contributed by atoms with Gasteiger partial charge in [-0.2, -0.15) is 0 Å². The monoisotopic (exact) mass is 443 g/mol. The molecule has 1 amide bonds. The van der Waals surface area contributed by atoms with Gasteiger partial charge in [-0.05, 0) is 46.7 Å². The molecule has 2 aromatic carbocycles. The molecule has 0 heterocycles. The van der Waals surface area contributed by atoms with Gasteiger partial charge in [0.2, 0.25) is 0 Å². The zero-order valence-corrected chi connectivity index (χ0v) is 14.8. The molecule has 0 aromatic heterocycles. The molecule has 0 aliphatic carbocycles. The first-order chi connectivity index (χ1) is 9.59. The Hall–Kier alpha value is -0.880. The summed E-state index contributed by atoms with van der Waals surface area (Å²) in [6, 6.07) is 15.8. The molecular weight excluding hydrogens is 429 g/mol. The third-order valence-corrected chi connectivity index (χ3v) is 5.32. The molecule has 0 spiro atoms. The molecule has 4 heteroatoms. The number of halogens is 2. The molecule has 0 saturated heterocycles. The molecule has 0 bridgehead atoms. The van der Waals surface area contributed by atoms with Gasteiger partial charge in [0.1, 0.15) is 0 Å². The number of carbonyl (C=O) groups excluding carboxylic acids is 1. The molecule has 1 N–H and O–H groups in total. The molecule has 2 aromatic rings. The van der Waals surface area contributed by atoms with Gasteiger partial charge in [-0.15, -0.1) is 0 Å². The molecule has 0 aliphatic rings. The van der Waals surface area contributed by atoms with Crippen LogP contribution < -0.4 is 5.32 Å². The number of aryl methyl sites for hydroxylation is 1. The summed E-state index contributed by atoms with van der Waals surface area (Å²) in [5, 5.41) is 2.97. The number of rotatable bonds is 4. The van der Waals surface area contributed by atoms with Crippen molar-refractivity contribution in [2.24, 2.45) is 0 Å². The first-order valence-corrected chi connectivity index (χ1v) is 8.31. The van der Waals surface area contributed by atoms with Crippen LogP contribution in [0.15, 0.2) is 48.5 Å². The zero-order valence-electron chi connectivity index (χ0n) is 11.1. The van der Waals surface area contributed by atoms with Gasteiger partial charge in [0, 0.05) is 10.1 Å². The van der Waals surface area contributed by atoms with Gasteiger partial charge in [-0.3, -0.25) is 4.79 Å². The lowest BCUT2D eigenvalue weighted by Crippen LogP contribution is -2.27. The summed E-state index contributed by atoms with van der Waals surface area (Å²) in [5.41, 5.74) is 3.02. The van der Waals surface area contributed by atoms with E-state index in [1.54, 1.807) is 0 Å². The van der Waals surface area contributed by atoms with E-state index >= 15 is 0 Å². The first kappa shape index (κ1) is 15.5. The van der Waals surface area contributed by atoms with E-state index in [-0.39, 0.29) is 10.7 Å². The predicted octanol–water partition coefficient (Wildman–Crippen LogP) is 4.47. The Morgan fingerprint density at radius 2 is 1.90 bits per heavy atom. The fourth-order valence-electron chi connectivity index (χ4n) is 1.88. The lowest BCUT2D eigenvalue weighted by Gasteiger charge is -2.13. The van der Waals surface area contributed by atoms with Gasteiger partial charge in [-0.1, -0.05) is 58.4 Å². The van der Waals surface area contributed by atoms with Crippen molar-refractivity contribution in [2.75, 3.05) is 6.54 Å². The lowest BCUT2D eigenvalue weighted by atomic mass is 10.1. The fraction of sp³-hybridized carbons (Fsp3) is 0.188. The van der Waals surface area contributed by atoms with Crippen molar-refractivity contribution in [3.63, 3.8) is 0 Å². The van der Waals surface area contributed by atoms with Crippen LogP contribution in [0, 0.1) is 10.5 Å². The summed E-state index contributed by atoms with van der Waals surface area (Å²) in [6.45, 7) is 2.57. The van der Waals surface area contributed by atoms with E-state index in [0.717, 1.165) is 20.3 Å². The van der Waals surface area contributed by atoms with E-state index in [2.05, 4.69) is 43.8 Å². The summed E-state index contributed by atoms with van der Waals surface area (Å²) in [5.74, 6) is -0.0292. The quantitative estimate of drug-likeness (QED) is 0.548. The Morgan fingerprint density at radius 3 is 2.60 bits per heavy atom. The maximum atomic E-state index is 12.2. The van der Waals surface area contributed by atoms with Crippen molar-refractivity contribution in [2.45, 2.75) is 11.8 Å². The van der Waals surface area contributed by atoms with Gasteiger partial charge >= 0.3 is 0 Å². The average Bonchev–Trinajstić information content (AvgIpc) is 2.48. The van der Waals surface area contributed by atoms with Crippen molar-refractivity contribution in [1.82, 2.24) is 5.32 Å². The Labute approximate surface area is 141 Å². The number of benzene rings is 2. The Bertz CT molecular complexity index is 601. The molecule has 104 valence electrons. The van der Waals surface area contributed by atoms with Gasteiger partial charge < -0.3 is 5.32 Å². The van der Waals surface area contributed by atoms with E-state index in [4.69, 9.17) is 0 Å². The molecule has 2 nitrogen and oxygen atoms in total. The molecule has 0 fully saturated rings. The number of hydrogen-bond donors (Lipinski definition) is 1. The molecule has 0 aliphatic heterocycles. The SMILES string of the molecule is Cc1cccc(C(=O)NCC(Br)c2ccccc2)c1I. The summed E-state index contributed by atoms with van der Waals surface area (Å²) in [6.07, 6.45) is 0. The minimum atomic E-state index is -0.0292. The second-order valence-corrected chi connectivity index (χ2v) is 6.71. The number of carbonyl (C=O) groups is 1. The molecule has 2 rings (SSSR count). The normalized spacial score (nSPS) is 11.9. The van der Waals surface area contributed by atoms with Gasteiger partial charge in [0.25, 0.3) is 5.91 Å². The van der Waals surface area contributed by atoms with E-state index in [0.29, 0.717) is 6.54 Å². The highest BCUT2D eigenvalue weighted by Crippen LogP contribution is 2.22. The van der Waals surface area contributed by atoms with Crippen LogP contribution in [0.25, 0.3) is 0 Å². The maximum absolute atomic E-state index is 12.2. The lowest BCUT2D eigenvalue weighted by molar-refractivity contribution is 0.0953. The minimum absolute atomic E-state index is 0.0292. The summed E-state index contributed by atoms with van der Waals surface area (Å²) < 4.78 is 1.01. The minimum Gasteiger partial charge on any atom is -0.351 e. The average molecular weight is 444 g/mol. The van der Waals surface area contributed by atoms with Crippen molar-refractivity contribution >= 4 is 44.4 Å². The predicted molar refractivity (Wildman–Crippen MR) is 94.3 cm³/mol. The molecule has 20 heavy (non-hydrogen) atoms. The summed E-state index contributed by atoms with van der Waals surface area (Å²) in [7, 11) is 0. The highest BCUT2D eigenvalue weighted by atomic mass is 127. The van der Waals surface area contributed by atoms with Crippen molar-refractivity contribution in [3.8, 4) is 0 Å². The third-order valence-electron chi connectivity index (χ3n) is 3.04. The maximum Gasteiger partial charge on any atom is 0.252 e. The smallest absolute Gasteiger partial charge is 0.252 e. The molecule has 1 atom stereocenters. The topological polar surface area (TPSA) is 29.1 Å². The van der Waals surface area contributed by atoms with E-state index in [9.17, 15) is 4.79 Å². The van der Waals surface area contributed by atoms with E-state index in [1.807, 2.05) is 55.5 Å². The van der Waals surface area contributed by atoms with Crippen LogP contribution >= 0.6 is 38.5 Å². The van der Waals surface area contributed by atoms with Crippen molar-refractivity contribution in [3.05, 3.63) is 68.8 Å². The van der Waals surface area contributed by atoms with Crippen LogP contribution in [0.4, 0.5) is 0 Å². The van der Waals surface area contributed by atoms with Crippen molar-refractivity contribution in [1.29, 1.82) is 0 Å². The molecule has 0 saturated carbocycles. The van der Waals surface area contributed by atoms with Crippen LogP contribution in [0.3, 0.4) is 0 Å². The Balaban J connectivity index is 2.01. The van der Waals surface area contributed by atoms with Gasteiger partial charge in [0.15, 0.2) is 0 Å². The Morgan fingerprint density at radius 1 is 1.20 bits per heavy atom. The first-order valence-electron chi connectivity index (χ1n) is 6.32. The number of alkyl halides is 1. The second-order valence-electron chi connectivity index (χ2n) is 4.52. The van der Waals surface area contributed by atoms with Crippen LogP contribution in [-0.2, 0) is 0 Å². The summed E-state index contributed by atoms with van der Waals surface area (Å²) >= 11 is 5.82. The number of amides is 1. The Kier molecular flexibility index (Phi) is 5.60. The van der Waals surface area contributed by atoms with E-state index < -0.39 is 0 Å². The van der Waals surface area contributed by atoms with Gasteiger partial charge in [-0.25, -0.2) is 0 Å². The van der Waals surface area contributed by atoms with Crippen LogP contribution in [0.5, 0.6) is 0 Å². The van der Waals surface area contributed by atoms with Gasteiger partial charge in [0.05, 0.1) is 10.4 Å². The van der Waals surface area contributed by atoms with Crippen LogP contribution in [0.1, 0.15) is 26.3 Å². The highest BCUT2D eigenvalue weighted by Gasteiger charge is 2.13. The molecule has 1 unspecified atom stereocenters. The summed E-state index contributed by atoms with van der Waals surface area (Å²) in [4.78, 5) is 12.3. The van der Waals surface area contributed by atoms with Crippen LogP contribution in [0.2, 0.25) is 0 Å².